The molecular formula is C16H16N2O4. The number of ether oxygens (including phenoxy) is 1. The molecule has 22 heavy (non-hydrogen) atoms. The van der Waals surface area contributed by atoms with Crippen LogP contribution in [0, 0.1) is 0 Å². The second-order valence-corrected chi connectivity index (χ2v) is 4.61. The van der Waals surface area contributed by atoms with Gasteiger partial charge in [-0.25, -0.2) is 0 Å². The van der Waals surface area contributed by atoms with Crippen molar-refractivity contribution in [2.75, 3.05) is 14.2 Å². The van der Waals surface area contributed by atoms with Gasteiger partial charge >= 0.3 is 0 Å². The Bertz CT molecular complexity index is 821. The van der Waals surface area contributed by atoms with Crippen molar-refractivity contribution in [3.8, 4) is 5.75 Å². The summed E-state index contributed by atoms with van der Waals surface area (Å²) in [4.78, 5) is 34.9. The van der Waals surface area contributed by atoms with Gasteiger partial charge in [-0.15, -0.1) is 0 Å². The van der Waals surface area contributed by atoms with Crippen LogP contribution in [-0.4, -0.2) is 30.9 Å². The van der Waals surface area contributed by atoms with Gasteiger partial charge in [-0.2, -0.15) is 0 Å². The number of fused-ring (bicyclic) bond motifs is 1. The average molecular weight is 300 g/mol. The van der Waals surface area contributed by atoms with Crippen LogP contribution in [0.3, 0.4) is 0 Å². The number of hydrogen-bond donors (Lipinski definition) is 1. The topological polar surface area (TPSA) is 77.4 Å². The van der Waals surface area contributed by atoms with E-state index in [9.17, 15) is 14.4 Å². The van der Waals surface area contributed by atoms with E-state index in [2.05, 4.69) is 11.9 Å². The van der Waals surface area contributed by atoms with Gasteiger partial charge in [0.2, 0.25) is 0 Å². The predicted molar refractivity (Wildman–Crippen MR) is 83.9 cm³/mol. The molecule has 1 amide bonds. The first kappa shape index (κ1) is 15.5. The number of hydrogen-bond acceptors (Lipinski definition) is 4. The third-order valence-electron chi connectivity index (χ3n) is 3.40. The summed E-state index contributed by atoms with van der Waals surface area (Å²) in [5.74, 6) is 0.180. The Hall–Kier alpha value is -2.89. The predicted octanol–water partition coefficient (Wildman–Crippen LogP) is 0.968. The Balaban J connectivity index is 2.83. The molecule has 0 aliphatic heterocycles. The van der Waals surface area contributed by atoms with Gasteiger partial charge in [-0.05, 0) is 12.1 Å². The summed E-state index contributed by atoms with van der Waals surface area (Å²) in [6, 6.07) is 6.42. The van der Waals surface area contributed by atoms with E-state index >= 15 is 0 Å². The van der Waals surface area contributed by atoms with Crippen LogP contribution in [0.2, 0.25) is 0 Å². The highest BCUT2D eigenvalue weighted by Gasteiger charge is 2.15. The van der Waals surface area contributed by atoms with E-state index in [-0.39, 0.29) is 23.6 Å². The van der Waals surface area contributed by atoms with Crippen LogP contribution < -0.4 is 15.6 Å². The Kier molecular flexibility index (Phi) is 4.41. The molecule has 114 valence electrons. The number of aldehydes is 1. The van der Waals surface area contributed by atoms with Gasteiger partial charge in [0.1, 0.15) is 12.0 Å². The normalized spacial score (nSPS) is 10.3. The zero-order valence-electron chi connectivity index (χ0n) is 12.4. The Morgan fingerprint density at radius 1 is 1.41 bits per heavy atom. The molecule has 0 atom stereocenters. The van der Waals surface area contributed by atoms with Crippen LogP contribution in [0.5, 0.6) is 5.75 Å². The van der Waals surface area contributed by atoms with Crippen molar-refractivity contribution in [1.82, 2.24) is 9.88 Å². The number of nitrogens with one attached hydrogen (secondary N) is 1. The molecule has 0 saturated heterocycles. The second-order valence-electron chi connectivity index (χ2n) is 4.61. The highest BCUT2D eigenvalue weighted by Crippen LogP contribution is 2.26. The molecule has 0 radical (unpaired) electrons. The third-order valence-corrected chi connectivity index (χ3v) is 3.40. The lowest BCUT2D eigenvalue weighted by molar-refractivity contribution is -0.115. The Labute approximate surface area is 127 Å². The molecule has 1 aromatic heterocycles. The maximum Gasteiger partial charge on any atom is 0.252 e. The minimum Gasteiger partial charge on any atom is -0.497 e. The fourth-order valence-corrected chi connectivity index (χ4v) is 2.27. The van der Waals surface area contributed by atoms with Gasteiger partial charge in [0.25, 0.3) is 11.5 Å². The van der Waals surface area contributed by atoms with Crippen molar-refractivity contribution in [1.29, 1.82) is 0 Å². The lowest BCUT2D eigenvalue weighted by Crippen LogP contribution is -2.24. The number of benzene rings is 1. The maximum absolute atomic E-state index is 12.2. The molecule has 0 spiro atoms. The van der Waals surface area contributed by atoms with Crippen molar-refractivity contribution in [3.63, 3.8) is 0 Å². The smallest absolute Gasteiger partial charge is 0.252 e. The lowest BCUT2D eigenvalue weighted by Gasteiger charge is -2.13. The second kappa shape index (κ2) is 6.26. The lowest BCUT2D eigenvalue weighted by atomic mass is 10.0. The molecule has 0 fully saturated rings. The van der Waals surface area contributed by atoms with Gasteiger partial charge in [-0.1, -0.05) is 6.58 Å². The number of methoxy groups -OCH3 is 1. The number of nitrogens with zero attached hydrogens (tertiary/aromatic N) is 1. The van der Waals surface area contributed by atoms with E-state index in [0.717, 1.165) is 0 Å². The molecule has 2 rings (SSSR count). The quantitative estimate of drug-likeness (QED) is 0.659. The molecule has 1 heterocycles. The third kappa shape index (κ3) is 2.63. The van der Waals surface area contributed by atoms with Gasteiger partial charge in [0.05, 0.1) is 19.2 Å². The molecular weight excluding hydrogens is 284 g/mol. The van der Waals surface area contributed by atoms with Crippen molar-refractivity contribution < 1.29 is 14.3 Å². The standard InChI is InChI=1S/C16H16N2O4/c1-10(16(21)17-2)13-9-15(20)18(6-7-19)14-8-11(22-3)4-5-12(13)14/h4-5,7-9H,1,6H2,2-3H3,(H,17,21). The Morgan fingerprint density at radius 2 is 2.14 bits per heavy atom. The summed E-state index contributed by atoms with van der Waals surface area (Å²) >= 11 is 0. The molecule has 0 aliphatic rings. The highest BCUT2D eigenvalue weighted by molar-refractivity contribution is 6.21. The van der Waals surface area contributed by atoms with Crippen LogP contribution >= 0.6 is 0 Å². The van der Waals surface area contributed by atoms with Crippen LogP contribution in [0.1, 0.15) is 5.56 Å². The van der Waals surface area contributed by atoms with Crippen molar-refractivity contribution in [3.05, 3.63) is 46.8 Å². The number of aromatic nitrogens is 1. The molecule has 1 N–H and O–H groups in total. The van der Waals surface area contributed by atoms with E-state index in [0.29, 0.717) is 28.5 Å². The van der Waals surface area contributed by atoms with E-state index in [1.165, 1.54) is 24.8 Å². The van der Waals surface area contributed by atoms with Crippen LogP contribution in [0.15, 0.2) is 35.6 Å². The van der Waals surface area contributed by atoms with Crippen LogP contribution in [0.25, 0.3) is 16.5 Å². The van der Waals surface area contributed by atoms with Gasteiger partial charge in [0.15, 0.2) is 0 Å². The van der Waals surface area contributed by atoms with Crippen molar-refractivity contribution >= 4 is 28.7 Å². The number of amides is 1. The summed E-state index contributed by atoms with van der Waals surface area (Å²) in [7, 11) is 3.00. The molecule has 6 heteroatoms. The van der Waals surface area contributed by atoms with Crippen molar-refractivity contribution in [2.45, 2.75) is 6.54 Å². The Morgan fingerprint density at radius 3 is 2.73 bits per heavy atom. The minimum atomic E-state index is -0.382. The first-order valence-electron chi connectivity index (χ1n) is 6.60. The van der Waals surface area contributed by atoms with Crippen LogP contribution in [0.4, 0.5) is 0 Å². The number of carbonyl (C=O) groups excluding carboxylic acids is 2. The number of likely N-dealkylation sites (N-methyl/N-ethyl adjacent to an activating group) is 1. The SMILES string of the molecule is C=C(C(=O)NC)c1cc(=O)n(CC=O)c2cc(OC)ccc12. The highest BCUT2D eigenvalue weighted by atomic mass is 16.5. The van der Waals surface area contributed by atoms with E-state index in [4.69, 9.17) is 4.74 Å². The maximum atomic E-state index is 12.2. The van der Waals surface area contributed by atoms with Gasteiger partial charge in [-0.3, -0.25) is 9.59 Å². The number of carbonyl (C=O) groups is 2. The molecule has 0 aliphatic carbocycles. The summed E-state index contributed by atoms with van der Waals surface area (Å²) in [5, 5.41) is 3.13. The van der Waals surface area contributed by atoms with Gasteiger partial charge in [0, 0.05) is 35.7 Å². The molecule has 0 saturated carbocycles. The van der Waals surface area contributed by atoms with Gasteiger partial charge < -0.3 is 19.4 Å². The van der Waals surface area contributed by atoms with E-state index in [1.54, 1.807) is 18.2 Å². The minimum absolute atomic E-state index is 0.0742. The van der Waals surface area contributed by atoms with E-state index < -0.39 is 0 Å². The summed E-state index contributed by atoms with van der Waals surface area (Å²) in [5.41, 5.74) is 0.754. The molecule has 6 nitrogen and oxygen atoms in total. The van der Waals surface area contributed by atoms with Crippen LogP contribution in [-0.2, 0) is 16.1 Å². The van der Waals surface area contributed by atoms with Crippen molar-refractivity contribution in [2.24, 2.45) is 0 Å². The fourth-order valence-electron chi connectivity index (χ4n) is 2.27. The zero-order valence-corrected chi connectivity index (χ0v) is 12.4. The molecule has 0 unspecified atom stereocenters. The molecule has 2 aromatic rings. The molecule has 0 bridgehead atoms. The first-order valence-corrected chi connectivity index (χ1v) is 6.60. The summed E-state index contributed by atoms with van der Waals surface area (Å²) in [6.45, 7) is 3.67. The average Bonchev–Trinajstić information content (AvgIpc) is 2.55. The first-order chi connectivity index (χ1) is 10.5. The molecule has 1 aromatic carbocycles. The monoisotopic (exact) mass is 300 g/mol. The fraction of sp³-hybridized carbons (Fsp3) is 0.188. The summed E-state index contributed by atoms with van der Waals surface area (Å²) < 4.78 is 6.48. The summed E-state index contributed by atoms with van der Waals surface area (Å²) in [6.07, 6.45) is 0.646. The largest absolute Gasteiger partial charge is 0.497 e. The number of pyridine rings is 1. The number of rotatable bonds is 5. The van der Waals surface area contributed by atoms with E-state index in [1.807, 2.05) is 0 Å². The zero-order chi connectivity index (χ0) is 16.3.